The SMILES string of the molecule is CC1COC(O)CO1. The van der Waals surface area contributed by atoms with Crippen LogP contribution in [0.5, 0.6) is 0 Å². The third-order valence-corrected chi connectivity index (χ3v) is 1.05. The molecule has 0 radical (unpaired) electrons. The van der Waals surface area contributed by atoms with Gasteiger partial charge in [-0.25, -0.2) is 0 Å². The lowest BCUT2D eigenvalue weighted by Gasteiger charge is -2.23. The van der Waals surface area contributed by atoms with Gasteiger partial charge in [0.1, 0.15) is 0 Å². The third kappa shape index (κ3) is 1.43. The van der Waals surface area contributed by atoms with Gasteiger partial charge in [-0.05, 0) is 6.92 Å². The van der Waals surface area contributed by atoms with E-state index in [1.165, 1.54) is 0 Å². The molecule has 0 spiro atoms. The Morgan fingerprint density at radius 1 is 1.38 bits per heavy atom. The molecule has 0 aromatic carbocycles. The molecule has 3 heteroatoms. The summed E-state index contributed by atoms with van der Waals surface area (Å²) in [5.74, 6) is 0. The van der Waals surface area contributed by atoms with Crippen LogP contribution in [0, 0.1) is 0 Å². The molecule has 1 aliphatic rings. The van der Waals surface area contributed by atoms with Gasteiger partial charge in [-0.15, -0.1) is 0 Å². The Labute approximate surface area is 48.2 Å². The van der Waals surface area contributed by atoms with Gasteiger partial charge in [-0.1, -0.05) is 0 Å². The number of aliphatic hydroxyl groups is 1. The van der Waals surface area contributed by atoms with Crippen LogP contribution in [0.1, 0.15) is 6.92 Å². The molecular weight excluding hydrogens is 108 g/mol. The summed E-state index contributed by atoms with van der Waals surface area (Å²) in [6, 6.07) is 0. The first-order chi connectivity index (χ1) is 3.79. The van der Waals surface area contributed by atoms with Crippen molar-refractivity contribution in [1.82, 2.24) is 0 Å². The second-order valence-corrected chi connectivity index (χ2v) is 1.93. The van der Waals surface area contributed by atoms with Crippen molar-refractivity contribution in [1.29, 1.82) is 0 Å². The van der Waals surface area contributed by atoms with Gasteiger partial charge in [0.15, 0.2) is 6.29 Å². The van der Waals surface area contributed by atoms with Crippen LogP contribution in [-0.2, 0) is 9.47 Å². The van der Waals surface area contributed by atoms with Gasteiger partial charge in [-0.2, -0.15) is 0 Å². The second kappa shape index (κ2) is 2.44. The van der Waals surface area contributed by atoms with Gasteiger partial charge in [0.05, 0.1) is 19.3 Å². The van der Waals surface area contributed by atoms with Crippen molar-refractivity contribution in [2.24, 2.45) is 0 Å². The first kappa shape index (κ1) is 6.01. The van der Waals surface area contributed by atoms with E-state index in [0.717, 1.165) is 0 Å². The van der Waals surface area contributed by atoms with E-state index in [1.54, 1.807) is 0 Å². The van der Waals surface area contributed by atoms with E-state index in [9.17, 15) is 0 Å². The fraction of sp³-hybridized carbons (Fsp3) is 1.00. The lowest BCUT2D eigenvalue weighted by atomic mass is 10.4. The molecule has 1 heterocycles. The molecule has 1 rings (SSSR count). The Hall–Kier alpha value is -0.120. The summed E-state index contributed by atoms with van der Waals surface area (Å²) in [4.78, 5) is 0. The summed E-state index contributed by atoms with van der Waals surface area (Å²) in [7, 11) is 0. The summed E-state index contributed by atoms with van der Waals surface area (Å²) in [5, 5.41) is 8.68. The minimum atomic E-state index is -0.703. The summed E-state index contributed by atoms with van der Waals surface area (Å²) < 4.78 is 9.84. The van der Waals surface area contributed by atoms with Crippen LogP contribution < -0.4 is 0 Å². The second-order valence-electron chi connectivity index (χ2n) is 1.93. The smallest absolute Gasteiger partial charge is 0.178 e. The highest BCUT2D eigenvalue weighted by molar-refractivity contribution is 4.54. The molecule has 0 aromatic heterocycles. The molecule has 0 amide bonds. The molecule has 1 aliphatic heterocycles. The summed E-state index contributed by atoms with van der Waals surface area (Å²) in [6.07, 6.45) is -0.565. The third-order valence-electron chi connectivity index (χ3n) is 1.05. The quantitative estimate of drug-likeness (QED) is 0.476. The first-order valence-corrected chi connectivity index (χ1v) is 2.70. The van der Waals surface area contributed by atoms with Crippen molar-refractivity contribution >= 4 is 0 Å². The predicted molar refractivity (Wildman–Crippen MR) is 27.4 cm³/mol. The minimum Gasteiger partial charge on any atom is -0.371 e. The van der Waals surface area contributed by atoms with Crippen LogP contribution >= 0.6 is 0 Å². The maximum atomic E-state index is 8.68. The van der Waals surface area contributed by atoms with Crippen LogP contribution in [0.15, 0.2) is 0 Å². The molecule has 2 unspecified atom stereocenters. The lowest BCUT2D eigenvalue weighted by molar-refractivity contribution is -0.208. The van der Waals surface area contributed by atoms with E-state index in [2.05, 4.69) is 0 Å². The highest BCUT2D eigenvalue weighted by Crippen LogP contribution is 2.02. The molecule has 1 N–H and O–H groups in total. The zero-order chi connectivity index (χ0) is 5.98. The predicted octanol–water partition coefficient (Wildman–Crippen LogP) is -0.260. The molecule has 1 saturated heterocycles. The van der Waals surface area contributed by atoms with Gasteiger partial charge in [0, 0.05) is 0 Å². The van der Waals surface area contributed by atoms with Gasteiger partial charge in [-0.3, -0.25) is 0 Å². The fourth-order valence-corrected chi connectivity index (χ4v) is 0.589. The molecule has 0 saturated carbocycles. The monoisotopic (exact) mass is 118 g/mol. The van der Waals surface area contributed by atoms with Crippen LogP contribution in [0.25, 0.3) is 0 Å². The Morgan fingerprint density at radius 2 is 2.12 bits per heavy atom. The average Bonchev–Trinajstić information content (AvgIpc) is 1.77. The zero-order valence-corrected chi connectivity index (χ0v) is 4.83. The Bertz CT molecular complexity index is 56.1. The lowest BCUT2D eigenvalue weighted by Crippen LogP contribution is -2.33. The normalized spacial score (nSPS) is 39.8. The van der Waals surface area contributed by atoms with Crippen molar-refractivity contribution in [2.75, 3.05) is 13.2 Å². The number of hydrogen-bond acceptors (Lipinski definition) is 3. The van der Waals surface area contributed by atoms with Gasteiger partial charge < -0.3 is 14.6 Å². The van der Waals surface area contributed by atoms with Crippen LogP contribution in [0.2, 0.25) is 0 Å². The van der Waals surface area contributed by atoms with E-state index in [1.807, 2.05) is 6.92 Å². The first-order valence-electron chi connectivity index (χ1n) is 2.70. The van der Waals surface area contributed by atoms with E-state index in [-0.39, 0.29) is 6.10 Å². The summed E-state index contributed by atoms with van der Waals surface area (Å²) >= 11 is 0. The fourth-order valence-electron chi connectivity index (χ4n) is 0.589. The molecule has 8 heavy (non-hydrogen) atoms. The minimum absolute atomic E-state index is 0.137. The molecule has 3 nitrogen and oxygen atoms in total. The number of hydrogen-bond donors (Lipinski definition) is 1. The highest BCUT2D eigenvalue weighted by atomic mass is 16.7. The van der Waals surface area contributed by atoms with Gasteiger partial charge in [0.2, 0.25) is 0 Å². The molecule has 2 atom stereocenters. The molecule has 1 fully saturated rings. The number of aliphatic hydroxyl groups excluding tert-OH is 1. The number of rotatable bonds is 0. The number of ether oxygens (including phenoxy) is 2. The van der Waals surface area contributed by atoms with E-state index in [0.29, 0.717) is 13.2 Å². The largest absolute Gasteiger partial charge is 0.371 e. The van der Waals surface area contributed by atoms with Crippen molar-refractivity contribution in [3.05, 3.63) is 0 Å². The van der Waals surface area contributed by atoms with Crippen molar-refractivity contribution in [3.63, 3.8) is 0 Å². The van der Waals surface area contributed by atoms with Crippen molar-refractivity contribution in [3.8, 4) is 0 Å². The average molecular weight is 118 g/mol. The molecular formula is C5H10O3. The highest BCUT2D eigenvalue weighted by Gasteiger charge is 2.15. The Morgan fingerprint density at radius 3 is 2.50 bits per heavy atom. The topological polar surface area (TPSA) is 38.7 Å². The molecule has 0 bridgehead atoms. The molecule has 0 aliphatic carbocycles. The van der Waals surface area contributed by atoms with Crippen molar-refractivity contribution in [2.45, 2.75) is 19.3 Å². The van der Waals surface area contributed by atoms with Gasteiger partial charge >= 0.3 is 0 Å². The standard InChI is InChI=1S/C5H10O3/c1-4-2-8-5(6)3-7-4/h4-6H,2-3H2,1H3. The summed E-state index contributed by atoms with van der Waals surface area (Å²) in [5.41, 5.74) is 0. The van der Waals surface area contributed by atoms with Crippen LogP contribution in [0.4, 0.5) is 0 Å². The Balaban J connectivity index is 2.19. The maximum Gasteiger partial charge on any atom is 0.178 e. The molecule has 0 aromatic rings. The van der Waals surface area contributed by atoms with Crippen LogP contribution in [0.3, 0.4) is 0 Å². The van der Waals surface area contributed by atoms with E-state index in [4.69, 9.17) is 14.6 Å². The molecule has 48 valence electrons. The van der Waals surface area contributed by atoms with Crippen LogP contribution in [-0.4, -0.2) is 30.7 Å². The summed E-state index contributed by atoms with van der Waals surface area (Å²) in [6.45, 7) is 2.72. The zero-order valence-electron chi connectivity index (χ0n) is 4.83. The maximum absolute atomic E-state index is 8.68. The van der Waals surface area contributed by atoms with Crippen molar-refractivity contribution < 1.29 is 14.6 Å². The van der Waals surface area contributed by atoms with E-state index < -0.39 is 6.29 Å². The Kier molecular flexibility index (Phi) is 1.83. The van der Waals surface area contributed by atoms with E-state index >= 15 is 0 Å². The van der Waals surface area contributed by atoms with Gasteiger partial charge in [0.25, 0.3) is 0 Å².